The van der Waals surface area contributed by atoms with Crippen molar-refractivity contribution in [1.82, 2.24) is 0 Å². The summed E-state index contributed by atoms with van der Waals surface area (Å²) in [6, 6.07) is 29.4. The molecule has 0 fully saturated rings. The highest BCUT2D eigenvalue weighted by molar-refractivity contribution is 9.10. The molecule has 0 radical (unpaired) electrons. The van der Waals surface area contributed by atoms with E-state index >= 15 is 0 Å². The smallest absolute Gasteiger partial charge is 0.344 e. The van der Waals surface area contributed by atoms with E-state index in [0.29, 0.717) is 24.7 Å². The van der Waals surface area contributed by atoms with Crippen LogP contribution < -0.4 is 9.47 Å². The molecular weight excluding hydrogens is 602 g/mol. The standard InChI is InChI=1S/C29H23Br2NO5/c30-24-8-4-20(5-9-24)17-35-26-12-13-27(28(15-26)36-18-21-6-10-25(31)11-7-21)23-3-1-2-22(14-23)16-32-37-19-29(33)34/h1-16H,17-19H2,(H,33,34)/b32-16+. The van der Waals surface area contributed by atoms with Crippen molar-refractivity contribution in [2.75, 3.05) is 6.61 Å². The topological polar surface area (TPSA) is 77.4 Å². The number of carboxylic acid groups (broad SMARTS) is 1. The minimum absolute atomic E-state index is 0.390. The Morgan fingerprint density at radius 2 is 1.46 bits per heavy atom. The van der Waals surface area contributed by atoms with Gasteiger partial charge in [0.25, 0.3) is 0 Å². The fourth-order valence-electron chi connectivity index (χ4n) is 3.42. The highest BCUT2D eigenvalue weighted by Crippen LogP contribution is 2.35. The van der Waals surface area contributed by atoms with Gasteiger partial charge in [0.1, 0.15) is 24.7 Å². The van der Waals surface area contributed by atoms with Gasteiger partial charge in [-0.05, 0) is 64.7 Å². The zero-order valence-electron chi connectivity index (χ0n) is 19.6. The molecule has 8 heteroatoms. The van der Waals surface area contributed by atoms with Crippen LogP contribution in [0.1, 0.15) is 16.7 Å². The minimum atomic E-state index is -1.08. The molecule has 0 aliphatic carbocycles. The molecule has 0 saturated heterocycles. The van der Waals surface area contributed by atoms with Crippen molar-refractivity contribution in [3.05, 3.63) is 117 Å². The number of rotatable bonds is 11. The molecule has 6 nitrogen and oxygen atoms in total. The first-order valence-corrected chi connectivity index (χ1v) is 12.9. The van der Waals surface area contributed by atoms with E-state index < -0.39 is 12.6 Å². The number of nitrogens with zero attached hydrogens (tertiary/aromatic N) is 1. The van der Waals surface area contributed by atoms with Crippen LogP contribution in [0.15, 0.2) is 105 Å². The number of ether oxygens (including phenoxy) is 2. The number of oxime groups is 1. The summed E-state index contributed by atoms with van der Waals surface area (Å²) in [7, 11) is 0. The average molecular weight is 625 g/mol. The van der Waals surface area contributed by atoms with Crippen LogP contribution in [0, 0.1) is 0 Å². The maximum Gasteiger partial charge on any atom is 0.344 e. The molecule has 0 spiro atoms. The molecule has 37 heavy (non-hydrogen) atoms. The van der Waals surface area contributed by atoms with Crippen LogP contribution in [0.4, 0.5) is 0 Å². The number of aliphatic carboxylic acids is 1. The molecule has 4 rings (SSSR count). The molecule has 4 aromatic rings. The first kappa shape index (κ1) is 26.4. The SMILES string of the molecule is O=C(O)CO/N=C/c1cccc(-c2ccc(OCc3ccc(Br)cc3)cc2OCc2ccc(Br)cc2)c1. The van der Waals surface area contributed by atoms with Crippen LogP contribution in [0.25, 0.3) is 11.1 Å². The zero-order chi connectivity index (χ0) is 26.0. The van der Waals surface area contributed by atoms with Gasteiger partial charge in [0.15, 0.2) is 0 Å². The van der Waals surface area contributed by atoms with Crippen molar-refractivity contribution in [1.29, 1.82) is 0 Å². The first-order chi connectivity index (χ1) is 18.0. The molecule has 0 unspecified atom stereocenters. The molecule has 0 heterocycles. The highest BCUT2D eigenvalue weighted by Gasteiger charge is 2.11. The number of hydrogen-bond donors (Lipinski definition) is 1. The predicted octanol–water partition coefficient (Wildman–Crippen LogP) is 7.47. The zero-order valence-corrected chi connectivity index (χ0v) is 22.8. The highest BCUT2D eigenvalue weighted by atomic mass is 79.9. The quantitative estimate of drug-likeness (QED) is 0.138. The van der Waals surface area contributed by atoms with Crippen LogP contribution in [-0.4, -0.2) is 23.9 Å². The van der Waals surface area contributed by atoms with Gasteiger partial charge in [0, 0.05) is 20.6 Å². The van der Waals surface area contributed by atoms with Gasteiger partial charge in [0.05, 0.1) is 6.21 Å². The Bertz CT molecular complexity index is 1370. The predicted molar refractivity (Wildman–Crippen MR) is 150 cm³/mol. The second-order valence-electron chi connectivity index (χ2n) is 8.02. The largest absolute Gasteiger partial charge is 0.489 e. The third kappa shape index (κ3) is 8.20. The lowest BCUT2D eigenvalue weighted by atomic mass is 10.0. The molecular formula is C29H23Br2NO5. The van der Waals surface area contributed by atoms with Gasteiger partial charge >= 0.3 is 5.97 Å². The molecule has 188 valence electrons. The van der Waals surface area contributed by atoms with E-state index in [-0.39, 0.29) is 0 Å². The Morgan fingerprint density at radius 3 is 2.11 bits per heavy atom. The first-order valence-electron chi connectivity index (χ1n) is 11.3. The lowest BCUT2D eigenvalue weighted by Crippen LogP contribution is -2.03. The second-order valence-corrected chi connectivity index (χ2v) is 9.85. The summed E-state index contributed by atoms with van der Waals surface area (Å²) < 4.78 is 14.3. The van der Waals surface area contributed by atoms with Crippen LogP contribution in [0.5, 0.6) is 11.5 Å². The number of halogens is 2. The van der Waals surface area contributed by atoms with Gasteiger partial charge in [-0.15, -0.1) is 0 Å². The summed E-state index contributed by atoms with van der Waals surface area (Å²) in [5.74, 6) is 0.283. The fourth-order valence-corrected chi connectivity index (χ4v) is 3.95. The van der Waals surface area contributed by atoms with E-state index in [9.17, 15) is 4.79 Å². The molecule has 0 aromatic heterocycles. The summed E-state index contributed by atoms with van der Waals surface area (Å²) in [6.07, 6.45) is 1.48. The number of hydrogen-bond acceptors (Lipinski definition) is 5. The Kier molecular flexibility index (Phi) is 9.35. The molecule has 0 atom stereocenters. The Labute approximate surface area is 231 Å². The Hall–Kier alpha value is -3.62. The molecule has 0 aliphatic heterocycles. The van der Waals surface area contributed by atoms with Crippen molar-refractivity contribution in [3.8, 4) is 22.6 Å². The molecule has 0 bridgehead atoms. The maximum atomic E-state index is 10.6. The monoisotopic (exact) mass is 623 g/mol. The van der Waals surface area contributed by atoms with Gasteiger partial charge < -0.3 is 19.4 Å². The normalized spacial score (nSPS) is 10.9. The average Bonchev–Trinajstić information content (AvgIpc) is 2.90. The van der Waals surface area contributed by atoms with Gasteiger partial charge in [-0.2, -0.15) is 0 Å². The van der Waals surface area contributed by atoms with Crippen LogP contribution in [0.3, 0.4) is 0 Å². The molecule has 0 aliphatic rings. The van der Waals surface area contributed by atoms with Gasteiger partial charge in [-0.3, -0.25) is 0 Å². The Balaban J connectivity index is 1.57. The number of benzene rings is 4. The van der Waals surface area contributed by atoms with E-state index in [1.54, 1.807) is 0 Å². The summed E-state index contributed by atoms with van der Waals surface area (Å²) in [4.78, 5) is 15.4. The van der Waals surface area contributed by atoms with Crippen molar-refractivity contribution in [3.63, 3.8) is 0 Å². The Morgan fingerprint density at radius 1 is 0.811 bits per heavy atom. The molecule has 0 amide bonds. The van der Waals surface area contributed by atoms with Gasteiger partial charge in [-0.25, -0.2) is 4.79 Å². The molecule has 0 saturated carbocycles. The van der Waals surface area contributed by atoms with E-state index in [4.69, 9.17) is 19.4 Å². The minimum Gasteiger partial charge on any atom is -0.489 e. The van der Waals surface area contributed by atoms with E-state index in [0.717, 1.165) is 36.8 Å². The molecule has 4 aromatic carbocycles. The van der Waals surface area contributed by atoms with Crippen molar-refractivity contribution in [2.45, 2.75) is 13.2 Å². The maximum absolute atomic E-state index is 10.6. The fraction of sp³-hybridized carbons (Fsp3) is 0.103. The molecule has 1 N–H and O–H groups in total. The van der Waals surface area contributed by atoms with Gasteiger partial charge in [0.2, 0.25) is 6.61 Å². The van der Waals surface area contributed by atoms with Crippen LogP contribution >= 0.6 is 31.9 Å². The van der Waals surface area contributed by atoms with E-state index in [1.165, 1.54) is 6.21 Å². The van der Waals surface area contributed by atoms with E-state index in [1.807, 2.05) is 91.0 Å². The third-order valence-corrected chi connectivity index (χ3v) is 6.30. The summed E-state index contributed by atoms with van der Waals surface area (Å²) in [5, 5.41) is 12.4. The lowest BCUT2D eigenvalue weighted by molar-refractivity contribution is -0.142. The summed E-state index contributed by atoms with van der Waals surface area (Å²) >= 11 is 6.91. The second kappa shape index (κ2) is 13.1. The van der Waals surface area contributed by atoms with Crippen LogP contribution in [0.2, 0.25) is 0 Å². The third-order valence-electron chi connectivity index (χ3n) is 5.24. The van der Waals surface area contributed by atoms with Gasteiger partial charge in [-0.1, -0.05) is 79.5 Å². The number of carbonyl (C=O) groups is 1. The lowest BCUT2D eigenvalue weighted by Gasteiger charge is -2.15. The van der Waals surface area contributed by atoms with Crippen molar-refractivity contribution in [2.24, 2.45) is 5.16 Å². The van der Waals surface area contributed by atoms with Crippen LogP contribution in [-0.2, 0) is 22.8 Å². The number of carboxylic acids is 1. The summed E-state index contributed by atoms with van der Waals surface area (Å²) in [5.41, 5.74) is 4.65. The van der Waals surface area contributed by atoms with E-state index in [2.05, 4.69) is 37.0 Å². The van der Waals surface area contributed by atoms with Crippen molar-refractivity contribution >= 4 is 44.0 Å². The summed E-state index contributed by atoms with van der Waals surface area (Å²) in [6.45, 7) is 0.327. The van der Waals surface area contributed by atoms with Crippen molar-refractivity contribution < 1.29 is 24.2 Å².